The first kappa shape index (κ1) is 14.3. The summed E-state index contributed by atoms with van der Waals surface area (Å²) in [5.41, 5.74) is 4.81. The molecule has 0 heterocycles. The molecule has 0 aliphatic rings. The van der Waals surface area contributed by atoms with Crippen molar-refractivity contribution in [3.05, 3.63) is 0 Å². The van der Waals surface area contributed by atoms with E-state index in [2.05, 4.69) is 5.32 Å². The zero-order valence-corrected chi connectivity index (χ0v) is 9.84. The minimum atomic E-state index is -0.439. The maximum Gasteiger partial charge on any atom is 0.243 e. The molecule has 0 rings (SSSR count). The number of hydrogen-bond donors (Lipinski definition) is 2. The van der Waals surface area contributed by atoms with E-state index in [0.717, 1.165) is 6.54 Å². The maximum absolute atomic E-state index is 10.3. The first-order valence-corrected chi connectivity index (χ1v) is 5.12. The molecule has 0 aromatic heterocycles. The van der Waals surface area contributed by atoms with E-state index >= 15 is 0 Å². The number of hydrogen-bond acceptors (Lipinski definition) is 4. The van der Waals surface area contributed by atoms with E-state index < -0.39 is 5.91 Å². The molecule has 0 atom stereocenters. The molecule has 0 saturated carbocycles. The van der Waals surface area contributed by atoms with Crippen molar-refractivity contribution in [3.8, 4) is 0 Å². The smallest absolute Gasteiger partial charge is 0.243 e. The first-order valence-electron chi connectivity index (χ1n) is 5.12. The molecular weight excluding hydrogens is 196 g/mol. The number of carbonyl (C=O) groups excluding carboxylic acids is 1. The highest BCUT2D eigenvalue weighted by Crippen LogP contribution is 2.04. The van der Waals surface area contributed by atoms with Gasteiger partial charge in [0.15, 0.2) is 0 Å². The predicted octanol–water partition coefficient (Wildman–Crippen LogP) is -0.107. The molecule has 90 valence electrons. The number of amides is 1. The summed E-state index contributed by atoms with van der Waals surface area (Å²) in [5.74, 6) is -0.439. The molecule has 3 N–H and O–H groups in total. The molecule has 0 bridgehead atoms. The predicted molar refractivity (Wildman–Crippen MR) is 58.6 cm³/mol. The molecule has 0 aromatic rings. The Labute approximate surface area is 91.3 Å². The van der Waals surface area contributed by atoms with Crippen LogP contribution in [0.3, 0.4) is 0 Å². The van der Waals surface area contributed by atoms with Gasteiger partial charge in [0.2, 0.25) is 5.91 Å². The van der Waals surface area contributed by atoms with Crippen LogP contribution in [0.2, 0.25) is 0 Å². The van der Waals surface area contributed by atoms with Gasteiger partial charge in [0.05, 0.1) is 18.8 Å². The van der Waals surface area contributed by atoms with Gasteiger partial charge >= 0.3 is 0 Å². The molecule has 5 nitrogen and oxygen atoms in total. The Morgan fingerprint density at radius 2 is 1.87 bits per heavy atom. The number of nitrogens with one attached hydrogen (secondary N) is 1. The fourth-order valence-electron chi connectivity index (χ4n) is 0.871. The second-order valence-electron chi connectivity index (χ2n) is 4.23. The fraction of sp³-hybridized carbons (Fsp3) is 0.900. The molecule has 0 aliphatic heterocycles. The zero-order chi connectivity index (χ0) is 11.7. The van der Waals surface area contributed by atoms with Crippen LogP contribution in [-0.4, -0.2) is 44.4 Å². The molecule has 0 fully saturated rings. The van der Waals surface area contributed by atoms with Gasteiger partial charge in [-0.2, -0.15) is 0 Å². The van der Waals surface area contributed by atoms with Gasteiger partial charge in [0, 0.05) is 13.1 Å². The highest BCUT2D eigenvalue weighted by Gasteiger charge is 2.08. The van der Waals surface area contributed by atoms with Gasteiger partial charge < -0.3 is 20.5 Å². The van der Waals surface area contributed by atoms with E-state index in [1.54, 1.807) is 0 Å². The van der Waals surface area contributed by atoms with Crippen LogP contribution in [0.15, 0.2) is 0 Å². The lowest BCUT2D eigenvalue weighted by atomic mass is 10.2. The molecule has 0 unspecified atom stereocenters. The summed E-state index contributed by atoms with van der Waals surface area (Å²) in [6.45, 7) is 8.66. The van der Waals surface area contributed by atoms with Crippen LogP contribution in [0.4, 0.5) is 0 Å². The third-order valence-electron chi connectivity index (χ3n) is 1.48. The van der Waals surface area contributed by atoms with Crippen molar-refractivity contribution < 1.29 is 14.3 Å². The summed E-state index contributed by atoms with van der Waals surface area (Å²) in [7, 11) is 0. The molecule has 15 heavy (non-hydrogen) atoms. The molecule has 0 spiro atoms. The largest absolute Gasteiger partial charge is 0.375 e. The number of primary amides is 1. The summed E-state index contributed by atoms with van der Waals surface area (Å²) in [4.78, 5) is 10.3. The van der Waals surface area contributed by atoms with Crippen molar-refractivity contribution >= 4 is 5.91 Å². The molecular formula is C10H22N2O3. The highest BCUT2D eigenvalue weighted by molar-refractivity contribution is 5.74. The molecule has 0 aromatic carbocycles. The van der Waals surface area contributed by atoms with E-state index in [9.17, 15) is 4.79 Å². The van der Waals surface area contributed by atoms with Gasteiger partial charge in [-0.15, -0.1) is 0 Å². The normalized spacial score (nSPS) is 11.7. The van der Waals surface area contributed by atoms with Gasteiger partial charge in [0.25, 0.3) is 0 Å². The summed E-state index contributed by atoms with van der Waals surface area (Å²) >= 11 is 0. The van der Waals surface area contributed by atoms with Crippen LogP contribution in [0.5, 0.6) is 0 Å². The number of carbonyl (C=O) groups is 1. The van der Waals surface area contributed by atoms with Gasteiger partial charge in [-0.25, -0.2) is 0 Å². The number of rotatable bonds is 8. The average Bonchev–Trinajstić information content (AvgIpc) is 2.07. The molecule has 0 saturated heterocycles. The van der Waals surface area contributed by atoms with E-state index in [4.69, 9.17) is 15.2 Å². The van der Waals surface area contributed by atoms with Crippen LogP contribution in [-0.2, 0) is 14.3 Å². The molecule has 0 aliphatic carbocycles. The lowest BCUT2D eigenvalue weighted by Gasteiger charge is -2.19. The minimum absolute atomic E-state index is 0.0137. The third-order valence-corrected chi connectivity index (χ3v) is 1.48. The standard InChI is InChI=1S/C10H22N2O3/c1-10(2,3)15-7-5-12-4-6-14-8-9(11)13/h12H,4-8H2,1-3H3,(H2,11,13). The Kier molecular flexibility index (Phi) is 7.29. The van der Waals surface area contributed by atoms with Crippen LogP contribution >= 0.6 is 0 Å². The van der Waals surface area contributed by atoms with Crippen molar-refractivity contribution in [2.75, 3.05) is 32.9 Å². The van der Waals surface area contributed by atoms with Crippen LogP contribution in [0.1, 0.15) is 20.8 Å². The van der Waals surface area contributed by atoms with Gasteiger partial charge in [0.1, 0.15) is 6.61 Å². The first-order chi connectivity index (χ1) is 6.92. The Morgan fingerprint density at radius 1 is 1.27 bits per heavy atom. The quantitative estimate of drug-likeness (QED) is 0.558. The van der Waals surface area contributed by atoms with Gasteiger partial charge in [-0.05, 0) is 20.8 Å². The van der Waals surface area contributed by atoms with Crippen molar-refractivity contribution in [3.63, 3.8) is 0 Å². The number of nitrogens with two attached hydrogens (primary N) is 1. The van der Waals surface area contributed by atoms with E-state index in [0.29, 0.717) is 19.8 Å². The minimum Gasteiger partial charge on any atom is -0.375 e. The lowest BCUT2D eigenvalue weighted by molar-refractivity contribution is -0.122. The van der Waals surface area contributed by atoms with Crippen LogP contribution < -0.4 is 11.1 Å². The van der Waals surface area contributed by atoms with Crippen LogP contribution in [0.25, 0.3) is 0 Å². The summed E-state index contributed by atoms with van der Waals surface area (Å²) in [5, 5.41) is 3.13. The summed E-state index contributed by atoms with van der Waals surface area (Å²) in [6, 6.07) is 0. The van der Waals surface area contributed by atoms with E-state index in [-0.39, 0.29) is 12.2 Å². The molecule has 1 amide bonds. The van der Waals surface area contributed by atoms with Crippen molar-refractivity contribution in [1.29, 1.82) is 0 Å². The monoisotopic (exact) mass is 218 g/mol. The Hall–Kier alpha value is -0.650. The molecule has 5 heteroatoms. The third kappa shape index (κ3) is 13.3. The topological polar surface area (TPSA) is 73.6 Å². The van der Waals surface area contributed by atoms with E-state index in [1.807, 2.05) is 20.8 Å². The highest BCUT2D eigenvalue weighted by atomic mass is 16.5. The number of ether oxygens (including phenoxy) is 2. The Morgan fingerprint density at radius 3 is 2.40 bits per heavy atom. The lowest BCUT2D eigenvalue weighted by Crippen LogP contribution is -2.29. The Bertz CT molecular complexity index is 178. The van der Waals surface area contributed by atoms with Crippen molar-refractivity contribution in [2.45, 2.75) is 26.4 Å². The zero-order valence-electron chi connectivity index (χ0n) is 9.84. The van der Waals surface area contributed by atoms with Crippen molar-refractivity contribution in [2.24, 2.45) is 5.73 Å². The summed E-state index contributed by atoms with van der Waals surface area (Å²) < 4.78 is 10.5. The summed E-state index contributed by atoms with van der Waals surface area (Å²) in [6.07, 6.45) is 0. The molecule has 0 radical (unpaired) electrons. The Balaban J connectivity index is 3.09. The van der Waals surface area contributed by atoms with E-state index in [1.165, 1.54) is 0 Å². The SMILES string of the molecule is CC(C)(C)OCCNCCOCC(N)=O. The van der Waals surface area contributed by atoms with Crippen LogP contribution in [0, 0.1) is 0 Å². The second kappa shape index (κ2) is 7.62. The van der Waals surface area contributed by atoms with Gasteiger partial charge in [-0.1, -0.05) is 0 Å². The van der Waals surface area contributed by atoms with Crippen molar-refractivity contribution in [1.82, 2.24) is 5.32 Å². The maximum atomic E-state index is 10.3. The average molecular weight is 218 g/mol. The second-order valence-corrected chi connectivity index (χ2v) is 4.23. The van der Waals surface area contributed by atoms with Gasteiger partial charge in [-0.3, -0.25) is 4.79 Å². The fourth-order valence-corrected chi connectivity index (χ4v) is 0.871.